The van der Waals surface area contributed by atoms with Gasteiger partial charge in [-0.2, -0.15) is 0 Å². The number of hydrogen-bond acceptors (Lipinski definition) is 2. The predicted octanol–water partition coefficient (Wildman–Crippen LogP) is 3.20. The molecule has 0 radical (unpaired) electrons. The molecule has 3 rings (SSSR count). The quantitative estimate of drug-likeness (QED) is 0.923. The Morgan fingerprint density at radius 1 is 1.32 bits per heavy atom. The Labute approximate surface area is 139 Å². The lowest BCUT2D eigenvalue weighted by atomic mass is 9.97. The molecule has 22 heavy (non-hydrogen) atoms. The third-order valence-corrected chi connectivity index (χ3v) is 5.09. The molecule has 0 bridgehead atoms. The topological polar surface area (TPSA) is 32.3 Å². The molecule has 1 aromatic rings. The highest BCUT2D eigenvalue weighted by atomic mass is 35.5. The molecule has 4 heteroatoms. The summed E-state index contributed by atoms with van der Waals surface area (Å²) in [6, 6.07) is 11.0. The standard InChI is InChI=1S/C18H26N2O.ClH/c1-14-11-17(16-5-3-2-4-6-16)13-20(14)18(21)8-7-15-9-10-19-12-15;/h2-6,14-15,17,19H,7-13H2,1H3;1H. The highest BCUT2D eigenvalue weighted by Gasteiger charge is 2.33. The molecular formula is C18H27ClN2O. The van der Waals surface area contributed by atoms with Crippen LogP contribution in [-0.2, 0) is 4.79 Å². The molecule has 1 aromatic carbocycles. The van der Waals surface area contributed by atoms with Crippen LogP contribution in [0.15, 0.2) is 30.3 Å². The van der Waals surface area contributed by atoms with Crippen LogP contribution in [0.4, 0.5) is 0 Å². The minimum atomic E-state index is 0. The molecule has 122 valence electrons. The second-order valence-corrected chi connectivity index (χ2v) is 6.64. The maximum absolute atomic E-state index is 12.5. The molecule has 2 heterocycles. The van der Waals surface area contributed by atoms with E-state index in [2.05, 4.69) is 47.5 Å². The van der Waals surface area contributed by atoms with Crippen LogP contribution in [0, 0.1) is 5.92 Å². The highest BCUT2D eigenvalue weighted by molar-refractivity contribution is 5.85. The third-order valence-electron chi connectivity index (χ3n) is 5.09. The van der Waals surface area contributed by atoms with Crippen molar-refractivity contribution in [1.29, 1.82) is 0 Å². The largest absolute Gasteiger partial charge is 0.339 e. The maximum atomic E-state index is 12.5. The summed E-state index contributed by atoms with van der Waals surface area (Å²) < 4.78 is 0. The lowest BCUT2D eigenvalue weighted by Gasteiger charge is -2.22. The molecule has 0 aliphatic carbocycles. The van der Waals surface area contributed by atoms with E-state index in [1.165, 1.54) is 12.0 Å². The van der Waals surface area contributed by atoms with E-state index in [9.17, 15) is 4.79 Å². The van der Waals surface area contributed by atoms with E-state index in [1.807, 2.05) is 0 Å². The number of hydrogen-bond donors (Lipinski definition) is 1. The summed E-state index contributed by atoms with van der Waals surface area (Å²) in [5.41, 5.74) is 1.37. The van der Waals surface area contributed by atoms with E-state index in [4.69, 9.17) is 0 Å². The van der Waals surface area contributed by atoms with E-state index in [0.717, 1.165) is 38.9 Å². The summed E-state index contributed by atoms with van der Waals surface area (Å²) in [6.07, 6.45) is 4.10. The summed E-state index contributed by atoms with van der Waals surface area (Å²) in [4.78, 5) is 14.6. The Morgan fingerprint density at radius 3 is 2.77 bits per heavy atom. The SMILES string of the molecule is CC1CC(c2ccccc2)CN1C(=O)CCC1CCNC1.Cl. The van der Waals surface area contributed by atoms with Crippen molar-refractivity contribution >= 4 is 18.3 Å². The van der Waals surface area contributed by atoms with Gasteiger partial charge in [0.15, 0.2) is 0 Å². The molecule has 1 N–H and O–H groups in total. The van der Waals surface area contributed by atoms with Gasteiger partial charge in [-0.25, -0.2) is 0 Å². The second kappa shape index (κ2) is 7.98. The predicted molar refractivity (Wildman–Crippen MR) is 92.4 cm³/mol. The van der Waals surface area contributed by atoms with E-state index >= 15 is 0 Å². The van der Waals surface area contributed by atoms with Crippen molar-refractivity contribution in [3.63, 3.8) is 0 Å². The molecule has 0 saturated carbocycles. The average molecular weight is 323 g/mol. The highest BCUT2D eigenvalue weighted by Crippen LogP contribution is 2.32. The summed E-state index contributed by atoms with van der Waals surface area (Å²) in [6.45, 7) is 5.30. The van der Waals surface area contributed by atoms with E-state index in [1.54, 1.807) is 0 Å². The van der Waals surface area contributed by atoms with Crippen molar-refractivity contribution in [2.45, 2.75) is 44.6 Å². The molecule has 3 nitrogen and oxygen atoms in total. The molecule has 3 unspecified atom stereocenters. The first kappa shape index (κ1) is 17.3. The number of nitrogens with one attached hydrogen (secondary N) is 1. The second-order valence-electron chi connectivity index (χ2n) is 6.64. The first-order chi connectivity index (χ1) is 10.2. The van der Waals surface area contributed by atoms with Gasteiger partial charge >= 0.3 is 0 Å². The van der Waals surface area contributed by atoms with Crippen molar-refractivity contribution in [3.8, 4) is 0 Å². The number of amides is 1. The van der Waals surface area contributed by atoms with Gasteiger partial charge in [0.25, 0.3) is 0 Å². The van der Waals surface area contributed by atoms with E-state index in [-0.39, 0.29) is 12.4 Å². The molecule has 3 atom stereocenters. The van der Waals surface area contributed by atoms with Gasteiger partial charge < -0.3 is 10.2 Å². The van der Waals surface area contributed by atoms with Crippen molar-refractivity contribution < 1.29 is 4.79 Å². The van der Waals surface area contributed by atoms with Crippen LogP contribution >= 0.6 is 12.4 Å². The first-order valence-corrected chi connectivity index (χ1v) is 8.29. The van der Waals surface area contributed by atoms with Gasteiger partial charge in [-0.1, -0.05) is 30.3 Å². The lowest BCUT2D eigenvalue weighted by Crippen LogP contribution is -2.34. The van der Waals surface area contributed by atoms with Crippen LogP contribution in [0.1, 0.15) is 44.1 Å². The van der Waals surface area contributed by atoms with Gasteiger partial charge in [-0.3, -0.25) is 4.79 Å². The van der Waals surface area contributed by atoms with E-state index < -0.39 is 0 Å². The van der Waals surface area contributed by atoms with Gasteiger partial charge in [0.1, 0.15) is 0 Å². The number of benzene rings is 1. The fraction of sp³-hybridized carbons (Fsp3) is 0.611. The maximum Gasteiger partial charge on any atom is 0.222 e. The number of likely N-dealkylation sites (tertiary alicyclic amines) is 1. The van der Waals surface area contributed by atoms with E-state index in [0.29, 0.717) is 23.8 Å². The zero-order valence-electron chi connectivity index (χ0n) is 13.3. The molecule has 1 amide bonds. The van der Waals surface area contributed by atoms with Crippen LogP contribution < -0.4 is 5.32 Å². The molecule has 0 spiro atoms. The molecule has 0 aromatic heterocycles. The third kappa shape index (κ3) is 4.02. The monoisotopic (exact) mass is 322 g/mol. The van der Waals surface area contributed by atoms with Gasteiger partial charge in [0.05, 0.1) is 0 Å². The Balaban J connectivity index is 0.00000176. The Morgan fingerprint density at radius 2 is 2.09 bits per heavy atom. The number of carbonyl (C=O) groups excluding carboxylic acids is 1. The number of carbonyl (C=O) groups is 1. The number of rotatable bonds is 4. The minimum absolute atomic E-state index is 0. The average Bonchev–Trinajstić information content (AvgIpc) is 3.15. The molecular weight excluding hydrogens is 296 g/mol. The van der Waals surface area contributed by atoms with Gasteiger partial charge in [0, 0.05) is 24.9 Å². The normalized spacial score (nSPS) is 27.7. The van der Waals surface area contributed by atoms with Crippen molar-refractivity contribution in [3.05, 3.63) is 35.9 Å². The lowest BCUT2D eigenvalue weighted by molar-refractivity contribution is -0.132. The van der Waals surface area contributed by atoms with Crippen LogP contribution in [0.3, 0.4) is 0 Å². The van der Waals surface area contributed by atoms with Crippen molar-refractivity contribution in [1.82, 2.24) is 10.2 Å². The zero-order valence-corrected chi connectivity index (χ0v) is 14.1. The Bertz CT molecular complexity index is 473. The van der Waals surface area contributed by atoms with Gasteiger partial charge in [0.2, 0.25) is 5.91 Å². The smallest absolute Gasteiger partial charge is 0.222 e. The van der Waals surface area contributed by atoms with Crippen LogP contribution in [-0.4, -0.2) is 36.5 Å². The van der Waals surface area contributed by atoms with Gasteiger partial charge in [-0.15, -0.1) is 12.4 Å². The number of nitrogens with zero attached hydrogens (tertiary/aromatic N) is 1. The summed E-state index contributed by atoms with van der Waals surface area (Å²) in [5, 5.41) is 3.38. The molecule has 2 fully saturated rings. The van der Waals surface area contributed by atoms with Crippen LogP contribution in [0.2, 0.25) is 0 Å². The fourth-order valence-electron chi connectivity index (χ4n) is 3.78. The molecule has 2 saturated heterocycles. The molecule has 2 aliphatic rings. The molecule has 2 aliphatic heterocycles. The minimum Gasteiger partial charge on any atom is -0.339 e. The van der Waals surface area contributed by atoms with Crippen LogP contribution in [0.5, 0.6) is 0 Å². The van der Waals surface area contributed by atoms with Gasteiger partial charge in [-0.05, 0) is 50.8 Å². The Kier molecular flexibility index (Phi) is 6.27. The number of halogens is 1. The Hall–Kier alpha value is -1.06. The summed E-state index contributed by atoms with van der Waals surface area (Å²) in [7, 11) is 0. The fourth-order valence-corrected chi connectivity index (χ4v) is 3.78. The van der Waals surface area contributed by atoms with Crippen LogP contribution in [0.25, 0.3) is 0 Å². The van der Waals surface area contributed by atoms with Crippen molar-refractivity contribution in [2.75, 3.05) is 19.6 Å². The summed E-state index contributed by atoms with van der Waals surface area (Å²) >= 11 is 0. The summed E-state index contributed by atoms with van der Waals surface area (Å²) in [5.74, 6) is 1.57. The zero-order chi connectivity index (χ0) is 14.7. The first-order valence-electron chi connectivity index (χ1n) is 8.29. The van der Waals surface area contributed by atoms with Crippen molar-refractivity contribution in [2.24, 2.45) is 5.92 Å².